The zero-order chi connectivity index (χ0) is 19.0. The lowest BCUT2D eigenvalue weighted by molar-refractivity contribution is 0.438. The van der Waals surface area contributed by atoms with Crippen LogP contribution in [-0.4, -0.2) is 14.3 Å². The molecule has 0 amide bonds. The molecule has 0 spiro atoms. The molecule has 0 aliphatic carbocycles. The summed E-state index contributed by atoms with van der Waals surface area (Å²) in [6.07, 6.45) is 0.887. The van der Waals surface area contributed by atoms with Gasteiger partial charge in [-0.2, -0.15) is 5.26 Å². The molecule has 132 valence electrons. The molecule has 3 nitrogen and oxygen atoms in total. The maximum atomic E-state index is 11.8. The Balaban J connectivity index is 2.47. The maximum absolute atomic E-state index is 11.8. The van der Waals surface area contributed by atoms with E-state index < -0.39 is 8.32 Å². The Bertz CT molecular complexity index is 853. The molecule has 0 N–H and O–H groups in total. The summed E-state index contributed by atoms with van der Waals surface area (Å²) in [7, 11) is -2.00. The zero-order valence-electron chi connectivity index (χ0n) is 15.5. The van der Waals surface area contributed by atoms with Gasteiger partial charge in [-0.3, -0.25) is 0 Å². The van der Waals surface area contributed by atoms with Crippen LogP contribution in [0, 0.1) is 11.3 Å². The van der Waals surface area contributed by atoms with Gasteiger partial charge in [-0.1, -0.05) is 60.7 Å². The van der Waals surface area contributed by atoms with E-state index in [-0.39, 0.29) is 5.76 Å². The number of rotatable bonds is 7. The van der Waals surface area contributed by atoms with Gasteiger partial charge in [0.05, 0.1) is 0 Å². The smallest absolute Gasteiger partial charge is 0.243 e. The molecule has 0 aliphatic rings. The van der Waals surface area contributed by atoms with Crippen LogP contribution in [0.15, 0.2) is 77.6 Å². The lowest BCUT2D eigenvalue weighted by Crippen LogP contribution is -2.25. The van der Waals surface area contributed by atoms with E-state index in [2.05, 4.69) is 12.0 Å². The minimum absolute atomic E-state index is 0.238. The van der Waals surface area contributed by atoms with E-state index in [9.17, 15) is 10.1 Å². The molecule has 2 aromatic carbocycles. The first-order valence-electron chi connectivity index (χ1n) is 8.57. The van der Waals surface area contributed by atoms with Crippen molar-refractivity contribution in [3.05, 3.63) is 88.7 Å². The maximum Gasteiger partial charge on any atom is 0.243 e. The van der Waals surface area contributed by atoms with Gasteiger partial charge in [0.2, 0.25) is 8.32 Å². The van der Waals surface area contributed by atoms with Crippen molar-refractivity contribution in [2.45, 2.75) is 32.5 Å². The first kappa shape index (κ1) is 19.5. The van der Waals surface area contributed by atoms with Crippen LogP contribution in [-0.2, 0) is 22.1 Å². The van der Waals surface area contributed by atoms with Crippen LogP contribution in [0.4, 0.5) is 0 Å². The number of hydrogen-bond donors (Lipinski definition) is 0. The average Bonchev–Trinajstić information content (AvgIpc) is 2.63. The molecule has 0 fully saturated rings. The van der Waals surface area contributed by atoms with Gasteiger partial charge in [0.1, 0.15) is 12.0 Å². The molecule has 4 heteroatoms. The Morgan fingerprint density at radius 3 is 1.85 bits per heavy atom. The van der Waals surface area contributed by atoms with Gasteiger partial charge >= 0.3 is 0 Å². The van der Waals surface area contributed by atoms with Crippen molar-refractivity contribution in [3.63, 3.8) is 0 Å². The average molecular weight is 362 g/mol. The summed E-state index contributed by atoms with van der Waals surface area (Å²) in [6, 6.07) is 21.7. The van der Waals surface area contributed by atoms with E-state index in [1.807, 2.05) is 80.3 Å². The quantitative estimate of drug-likeness (QED) is 0.233. The van der Waals surface area contributed by atoms with Gasteiger partial charge in [0.25, 0.3) is 0 Å². The van der Waals surface area contributed by atoms with Crippen LogP contribution in [0.2, 0.25) is 19.6 Å². The molecular formula is C22H23NO2Si. The normalized spacial score (nSPS) is 11.8. The summed E-state index contributed by atoms with van der Waals surface area (Å²) >= 11 is 0. The third kappa shape index (κ3) is 5.89. The summed E-state index contributed by atoms with van der Waals surface area (Å²) in [5.41, 5.74) is 3.12. The van der Waals surface area contributed by atoms with Crippen LogP contribution < -0.4 is 0 Å². The van der Waals surface area contributed by atoms with Crippen molar-refractivity contribution in [1.82, 2.24) is 0 Å². The Labute approximate surface area is 156 Å². The van der Waals surface area contributed by atoms with Crippen LogP contribution in [0.1, 0.15) is 11.1 Å². The molecular weight excluding hydrogens is 338 g/mol. The lowest BCUT2D eigenvalue weighted by atomic mass is 9.93. The second-order valence-electron chi connectivity index (χ2n) is 7.04. The van der Waals surface area contributed by atoms with Crippen molar-refractivity contribution in [1.29, 1.82) is 5.26 Å². The number of hydrogen-bond acceptors (Lipinski definition) is 3. The van der Waals surface area contributed by atoms with Crippen LogP contribution in [0.5, 0.6) is 0 Å². The first-order valence-corrected chi connectivity index (χ1v) is 12.0. The summed E-state index contributed by atoms with van der Waals surface area (Å²) in [5, 5.41) is 9.69. The van der Waals surface area contributed by atoms with Crippen LogP contribution in [0.25, 0.3) is 0 Å². The molecule has 0 saturated carbocycles. The highest BCUT2D eigenvalue weighted by molar-refractivity contribution is 6.70. The Morgan fingerprint density at radius 2 is 1.42 bits per heavy atom. The highest BCUT2D eigenvalue weighted by Crippen LogP contribution is 2.25. The molecule has 2 rings (SSSR count). The first-order chi connectivity index (χ1) is 12.4. The highest BCUT2D eigenvalue weighted by Gasteiger charge is 2.23. The number of nitriles is 1. The molecule has 0 radical (unpaired) electrons. The fraction of sp³-hybridized carbons (Fsp3) is 0.227. The second kappa shape index (κ2) is 9.01. The minimum Gasteiger partial charge on any atom is -0.537 e. The molecule has 0 aliphatic heterocycles. The Kier molecular flexibility index (Phi) is 6.74. The molecule has 0 bridgehead atoms. The molecule has 2 aromatic rings. The summed E-state index contributed by atoms with van der Waals surface area (Å²) in [6.45, 7) is 6.06. The highest BCUT2D eigenvalue weighted by atomic mass is 28.4. The van der Waals surface area contributed by atoms with Crippen molar-refractivity contribution >= 4 is 14.3 Å². The van der Waals surface area contributed by atoms with Gasteiger partial charge in [-0.15, -0.1) is 0 Å². The Morgan fingerprint density at radius 1 is 0.923 bits per heavy atom. The molecule has 0 aromatic heterocycles. The van der Waals surface area contributed by atoms with Gasteiger partial charge < -0.3 is 4.43 Å². The fourth-order valence-electron chi connectivity index (χ4n) is 2.59. The van der Waals surface area contributed by atoms with Gasteiger partial charge in [-0.25, -0.2) is 4.79 Å². The second-order valence-corrected chi connectivity index (χ2v) is 11.5. The molecule has 0 unspecified atom stereocenters. The lowest BCUT2D eigenvalue weighted by Gasteiger charge is -2.21. The monoisotopic (exact) mass is 361 g/mol. The van der Waals surface area contributed by atoms with E-state index in [1.54, 1.807) is 0 Å². The van der Waals surface area contributed by atoms with E-state index in [1.165, 1.54) is 0 Å². The third-order valence-electron chi connectivity index (χ3n) is 3.72. The van der Waals surface area contributed by atoms with Gasteiger partial charge in [-0.05, 0) is 30.8 Å². The van der Waals surface area contributed by atoms with Crippen molar-refractivity contribution < 1.29 is 9.22 Å². The molecule has 0 atom stereocenters. The molecule has 26 heavy (non-hydrogen) atoms. The van der Waals surface area contributed by atoms with E-state index >= 15 is 0 Å². The number of benzene rings is 2. The largest absolute Gasteiger partial charge is 0.537 e. The predicted molar refractivity (Wildman–Crippen MR) is 107 cm³/mol. The van der Waals surface area contributed by atoms with E-state index in [0.29, 0.717) is 24.0 Å². The van der Waals surface area contributed by atoms with Crippen molar-refractivity contribution in [3.8, 4) is 6.07 Å². The molecule has 0 saturated heterocycles. The van der Waals surface area contributed by atoms with Crippen molar-refractivity contribution in [2.24, 2.45) is 0 Å². The summed E-state index contributed by atoms with van der Waals surface area (Å²) < 4.78 is 6.00. The topological polar surface area (TPSA) is 50.1 Å². The standard InChI is InChI=1S/C22H23NO2Si/c1-26(2,3)25-22(16-23)21(15-19-12-8-5-9-13-19)20(17-24)14-18-10-6-4-7-11-18/h4-13H,14-15H2,1-3H3/b22-21-. The van der Waals surface area contributed by atoms with Crippen LogP contribution >= 0.6 is 0 Å². The summed E-state index contributed by atoms with van der Waals surface area (Å²) in [5.74, 6) is 2.30. The number of allylic oxidation sites excluding steroid dienone is 3. The van der Waals surface area contributed by atoms with E-state index in [0.717, 1.165) is 11.1 Å². The minimum atomic E-state index is -2.00. The Hall–Kier alpha value is -2.86. The van der Waals surface area contributed by atoms with Gasteiger partial charge in [0.15, 0.2) is 5.76 Å². The van der Waals surface area contributed by atoms with Gasteiger partial charge in [0, 0.05) is 24.0 Å². The predicted octanol–water partition coefficient (Wildman–Crippen LogP) is 4.86. The fourth-order valence-corrected chi connectivity index (χ4v) is 3.37. The van der Waals surface area contributed by atoms with Crippen molar-refractivity contribution in [2.75, 3.05) is 0 Å². The SMILES string of the molecule is C[Si](C)(C)O/C(C#N)=C(/Cc1ccccc1)C(=C=O)Cc1ccccc1. The number of nitrogens with zero attached hydrogens (tertiary/aromatic N) is 1. The van der Waals surface area contributed by atoms with Crippen LogP contribution in [0.3, 0.4) is 0 Å². The van der Waals surface area contributed by atoms with E-state index in [4.69, 9.17) is 4.43 Å². The summed E-state index contributed by atoms with van der Waals surface area (Å²) in [4.78, 5) is 11.8. The number of carbonyl (C=O) groups excluding carboxylic acids is 1. The zero-order valence-corrected chi connectivity index (χ0v) is 16.5. The third-order valence-corrected chi connectivity index (χ3v) is 4.54. The molecule has 0 heterocycles.